The number of rotatable bonds is 3. The van der Waals surface area contributed by atoms with Crippen LogP contribution in [0.15, 0.2) is 11.8 Å². The van der Waals surface area contributed by atoms with Gasteiger partial charge in [-0.3, -0.25) is 4.79 Å². The third-order valence-electron chi connectivity index (χ3n) is 4.54. The van der Waals surface area contributed by atoms with Crippen molar-refractivity contribution in [3.63, 3.8) is 0 Å². The first kappa shape index (κ1) is 16.8. The van der Waals surface area contributed by atoms with Crippen LogP contribution in [0.2, 0.25) is 0 Å². The third kappa shape index (κ3) is 4.23. The van der Waals surface area contributed by atoms with Crippen LogP contribution in [0.4, 0.5) is 0 Å². The first-order valence-corrected chi connectivity index (χ1v) is 8.30. The number of nitriles is 1. The molecule has 5 nitrogen and oxygen atoms in total. The van der Waals surface area contributed by atoms with Crippen molar-refractivity contribution in [1.82, 2.24) is 9.80 Å². The van der Waals surface area contributed by atoms with Gasteiger partial charge >= 0.3 is 0 Å². The minimum Gasteiger partial charge on any atom is -0.376 e. The van der Waals surface area contributed by atoms with Crippen LogP contribution >= 0.6 is 0 Å². The summed E-state index contributed by atoms with van der Waals surface area (Å²) in [4.78, 5) is 16.4. The number of carbonyl (C=O) groups is 1. The SMILES string of the molecule is CC1CN(C(=O)/C(C#N)=C\N(C)C2CCCCC2)CC(C)O1. The van der Waals surface area contributed by atoms with Crippen LogP contribution in [0.1, 0.15) is 46.0 Å². The Balaban J connectivity index is 2.04. The molecule has 0 radical (unpaired) electrons. The monoisotopic (exact) mass is 305 g/mol. The highest BCUT2D eigenvalue weighted by Crippen LogP contribution is 2.22. The lowest BCUT2D eigenvalue weighted by Gasteiger charge is -2.35. The van der Waals surface area contributed by atoms with Crippen LogP contribution in [0, 0.1) is 11.3 Å². The molecule has 122 valence electrons. The number of amides is 1. The summed E-state index contributed by atoms with van der Waals surface area (Å²) >= 11 is 0. The average molecular weight is 305 g/mol. The highest BCUT2D eigenvalue weighted by molar-refractivity contribution is 5.97. The topological polar surface area (TPSA) is 56.6 Å². The number of nitrogens with zero attached hydrogens (tertiary/aromatic N) is 3. The van der Waals surface area contributed by atoms with E-state index in [1.165, 1.54) is 19.3 Å². The molecular weight excluding hydrogens is 278 g/mol. The first-order valence-electron chi connectivity index (χ1n) is 8.30. The Labute approximate surface area is 133 Å². The van der Waals surface area contributed by atoms with Crippen LogP contribution in [0.3, 0.4) is 0 Å². The lowest BCUT2D eigenvalue weighted by Crippen LogP contribution is -2.48. The fourth-order valence-electron chi connectivity index (χ4n) is 3.44. The van der Waals surface area contributed by atoms with Crippen molar-refractivity contribution >= 4 is 5.91 Å². The van der Waals surface area contributed by atoms with Crippen LogP contribution in [-0.4, -0.2) is 54.1 Å². The Bertz CT molecular complexity index is 453. The van der Waals surface area contributed by atoms with Crippen molar-refractivity contribution in [1.29, 1.82) is 5.26 Å². The summed E-state index contributed by atoms with van der Waals surface area (Å²) in [6.45, 7) is 5.02. The van der Waals surface area contributed by atoms with E-state index in [1.807, 2.05) is 20.9 Å². The predicted octanol–water partition coefficient (Wildman–Crippen LogP) is 2.29. The van der Waals surface area contributed by atoms with Gasteiger partial charge in [-0.1, -0.05) is 19.3 Å². The first-order chi connectivity index (χ1) is 10.5. The smallest absolute Gasteiger partial charge is 0.266 e. The van der Waals surface area contributed by atoms with Gasteiger partial charge in [0.25, 0.3) is 5.91 Å². The van der Waals surface area contributed by atoms with Gasteiger partial charge in [-0.05, 0) is 26.7 Å². The highest BCUT2D eigenvalue weighted by atomic mass is 16.5. The van der Waals surface area contributed by atoms with Gasteiger partial charge in [0.05, 0.1) is 12.2 Å². The Hall–Kier alpha value is -1.54. The molecule has 1 saturated carbocycles. The molecule has 0 aromatic heterocycles. The third-order valence-corrected chi connectivity index (χ3v) is 4.54. The van der Waals surface area contributed by atoms with Crippen LogP contribution < -0.4 is 0 Å². The van der Waals surface area contributed by atoms with Crippen LogP contribution in [0.5, 0.6) is 0 Å². The molecule has 2 aliphatic rings. The van der Waals surface area contributed by atoms with E-state index >= 15 is 0 Å². The number of ether oxygens (including phenoxy) is 1. The van der Waals surface area contributed by atoms with Gasteiger partial charge in [-0.15, -0.1) is 0 Å². The summed E-state index contributed by atoms with van der Waals surface area (Å²) in [7, 11) is 1.98. The second-order valence-corrected chi connectivity index (χ2v) is 6.58. The summed E-state index contributed by atoms with van der Waals surface area (Å²) < 4.78 is 5.65. The van der Waals surface area contributed by atoms with Gasteiger partial charge in [0.1, 0.15) is 11.6 Å². The van der Waals surface area contributed by atoms with Crippen molar-refractivity contribution in [2.75, 3.05) is 20.1 Å². The van der Waals surface area contributed by atoms with Crippen molar-refractivity contribution in [3.05, 3.63) is 11.8 Å². The minimum atomic E-state index is -0.174. The maximum atomic E-state index is 12.6. The van der Waals surface area contributed by atoms with E-state index in [9.17, 15) is 10.1 Å². The van der Waals surface area contributed by atoms with E-state index < -0.39 is 0 Å². The van der Waals surface area contributed by atoms with E-state index in [4.69, 9.17) is 4.74 Å². The molecule has 1 aliphatic heterocycles. The molecule has 2 fully saturated rings. The molecule has 0 aromatic carbocycles. The standard InChI is InChI=1S/C17H27N3O2/c1-13-10-20(11-14(2)22-13)17(21)15(9-18)12-19(3)16-7-5-4-6-8-16/h12-14,16H,4-8,10-11H2,1-3H3/b15-12-. The molecule has 5 heteroatoms. The lowest BCUT2D eigenvalue weighted by molar-refractivity contribution is -0.138. The van der Waals surface area contributed by atoms with E-state index in [2.05, 4.69) is 11.0 Å². The average Bonchev–Trinajstić information content (AvgIpc) is 2.51. The second-order valence-electron chi connectivity index (χ2n) is 6.58. The normalized spacial score (nSPS) is 27.4. The fourth-order valence-corrected chi connectivity index (χ4v) is 3.44. The summed E-state index contributed by atoms with van der Waals surface area (Å²) in [6, 6.07) is 2.54. The van der Waals surface area contributed by atoms with Gasteiger partial charge in [-0.25, -0.2) is 0 Å². The van der Waals surface area contributed by atoms with Crippen molar-refractivity contribution in [3.8, 4) is 6.07 Å². The second kappa shape index (κ2) is 7.64. The molecule has 0 spiro atoms. The molecule has 2 unspecified atom stereocenters. The van der Waals surface area contributed by atoms with Crippen molar-refractivity contribution in [2.24, 2.45) is 0 Å². The Morgan fingerprint density at radius 3 is 2.36 bits per heavy atom. The zero-order chi connectivity index (χ0) is 16.1. The minimum absolute atomic E-state index is 0.0173. The van der Waals surface area contributed by atoms with E-state index in [-0.39, 0.29) is 23.7 Å². The molecular formula is C17H27N3O2. The largest absolute Gasteiger partial charge is 0.376 e. The molecule has 22 heavy (non-hydrogen) atoms. The van der Waals surface area contributed by atoms with Gasteiger partial charge < -0.3 is 14.5 Å². The maximum Gasteiger partial charge on any atom is 0.266 e. The van der Waals surface area contributed by atoms with Crippen LogP contribution in [0.25, 0.3) is 0 Å². The number of hydrogen-bond donors (Lipinski definition) is 0. The zero-order valence-electron chi connectivity index (χ0n) is 13.9. The summed E-state index contributed by atoms with van der Waals surface area (Å²) in [6.07, 6.45) is 7.82. The summed E-state index contributed by atoms with van der Waals surface area (Å²) in [5.74, 6) is -0.174. The fraction of sp³-hybridized carbons (Fsp3) is 0.765. The van der Waals surface area contributed by atoms with E-state index in [0.29, 0.717) is 19.1 Å². The quantitative estimate of drug-likeness (QED) is 0.593. The van der Waals surface area contributed by atoms with Gasteiger partial charge in [0, 0.05) is 32.4 Å². The van der Waals surface area contributed by atoms with Crippen molar-refractivity contribution < 1.29 is 9.53 Å². The Morgan fingerprint density at radius 1 is 1.23 bits per heavy atom. The lowest BCUT2D eigenvalue weighted by atomic mass is 9.94. The van der Waals surface area contributed by atoms with Gasteiger partial charge in [0.2, 0.25) is 0 Å². The molecule has 0 N–H and O–H groups in total. The number of hydrogen-bond acceptors (Lipinski definition) is 4. The number of morpholine rings is 1. The van der Waals surface area contributed by atoms with Gasteiger partial charge in [0.15, 0.2) is 0 Å². The maximum absolute atomic E-state index is 12.6. The van der Waals surface area contributed by atoms with E-state index in [0.717, 1.165) is 12.8 Å². The van der Waals surface area contributed by atoms with Crippen LogP contribution in [-0.2, 0) is 9.53 Å². The molecule has 2 atom stereocenters. The molecule has 1 amide bonds. The van der Waals surface area contributed by atoms with Gasteiger partial charge in [-0.2, -0.15) is 5.26 Å². The molecule has 1 aliphatic carbocycles. The highest BCUT2D eigenvalue weighted by Gasteiger charge is 2.28. The summed E-state index contributed by atoms with van der Waals surface area (Å²) in [5, 5.41) is 9.38. The molecule has 1 heterocycles. The van der Waals surface area contributed by atoms with E-state index in [1.54, 1.807) is 11.1 Å². The van der Waals surface area contributed by atoms with Crippen molar-refractivity contribution in [2.45, 2.75) is 64.2 Å². The molecule has 0 aromatic rings. The Morgan fingerprint density at radius 2 is 1.82 bits per heavy atom. The zero-order valence-corrected chi connectivity index (χ0v) is 13.9. The number of carbonyl (C=O) groups excluding carboxylic acids is 1. The Kier molecular flexibility index (Phi) is 5.84. The molecule has 2 rings (SSSR count). The predicted molar refractivity (Wildman–Crippen MR) is 84.9 cm³/mol. The summed E-state index contributed by atoms with van der Waals surface area (Å²) in [5.41, 5.74) is 0.231. The molecule has 0 bridgehead atoms. The molecule has 1 saturated heterocycles.